The lowest BCUT2D eigenvalue weighted by atomic mass is 10.0. The molecule has 0 atom stereocenters. The lowest BCUT2D eigenvalue weighted by Gasteiger charge is -2.25. The van der Waals surface area contributed by atoms with Crippen LogP contribution in [0.15, 0.2) is 54.6 Å². The molecule has 0 heterocycles. The molecular weight excluding hydrogens is 352 g/mol. The van der Waals surface area contributed by atoms with Gasteiger partial charge in [-0.25, -0.2) is 4.79 Å². The first-order chi connectivity index (χ1) is 11.9. The van der Waals surface area contributed by atoms with Gasteiger partial charge in [0.05, 0.1) is 0 Å². The van der Waals surface area contributed by atoms with Crippen molar-refractivity contribution in [2.24, 2.45) is 0 Å². The molecule has 0 fully saturated rings. The molecule has 0 aliphatic carbocycles. The Morgan fingerprint density at radius 1 is 1.00 bits per heavy atom. The van der Waals surface area contributed by atoms with Crippen LogP contribution < -0.4 is 21.7 Å². The summed E-state index contributed by atoms with van der Waals surface area (Å²) in [6.45, 7) is 3.81. The fourth-order valence-corrected chi connectivity index (χ4v) is 2.25. The van der Waals surface area contributed by atoms with E-state index in [1.165, 1.54) is 0 Å². The van der Waals surface area contributed by atoms with Crippen molar-refractivity contribution in [3.8, 4) is 0 Å². The zero-order valence-corrected chi connectivity index (χ0v) is 15.7. The molecule has 0 bridgehead atoms. The second kappa shape index (κ2) is 9.68. The van der Waals surface area contributed by atoms with Crippen LogP contribution in [0.3, 0.4) is 0 Å². The summed E-state index contributed by atoms with van der Waals surface area (Å²) in [4.78, 5) is 24.4. The molecule has 0 aromatic heterocycles. The monoisotopic (exact) mass is 376 g/mol. The third-order valence-corrected chi connectivity index (χ3v) is 3.70. The van der Waals surface area contributed by atoms with E-state index in [4.69, 9.17) is 5.73 Å². The molecule has 0 spiro atoms. The highest BCUT2D eigenvalue weighted by Crippen LogP contribution is 2.08. The Morgan fingerprint density at radius 3 is 2.23 bits per heavy atom. The van der Waals surface area contributed by atoms with Gasteiger partial charge in [0.2, 0.25) is 5.91 Å². The number of hydrogen-bond donors (Lipinski definition) is 4. The Hall–Kier alpha value is -2.73. The molecule has 2 aromatic rings. The second-order valence-corrected chi connectivity index (χ2v) is 6.32. The Balaban J connectivity index is 0.00000338. The molecule has 0 radical (unpaired) electrons. The first-order valence-electron chi connectivity index (χ1n) is 8.14. The molecule has 2 aromatic carbocycles. The van der Waals surface area contributed by atoms with Crippen LogP contribution in [0.25, 0.3) is 0 Å². The van der Waals surface area contributed by atoms with Crippen LogP contribution in [0.4, 0.5) is 16.2 Å². The summed E-state index contributed by atoms with van der Waals surface area (Å²) >= 11 is 0. The van der Waals surface area contributed by atoms with E-state index in [-0.39, 0.29) is 18.3 Å². The number of benzene rings is 2. The largest absolute Gasteiger partial charge is 0.399 e. The number of para-hydroxylation sites is 1. The lowest BCUT2D eigenvalue weighted by molar-refractivity contribution is -0.125. The van der Waals surface area contributed by atoms with E-state index in [0.717, 1.165) is 5.56 Å². The smallest absolute Gasteiger partial charge is 0.320 e. The number of nitrogens with one attached hydrogen (secondary N) is 3. The van der Waals surface area contributed by atoms with Gasteiger partial charge in [0.15, 0.2) is 0 Å². The van der Waals surface area contributed by atoms with E-state index in [2.05, 4.69) is 16.0 Å². The van der Waals surface area contributed by atoms with Gasteiger partial charge >= 0.3 is 6.03 Å². The van der Waals surface area contributed by atoms with Gasteiger partial charge in [-0.3, -0.25) is 4.79 Å². The molecular formula is C19H25ClN4O2. The summed E-state index contributed by atoms with van der Waals surface area (Å²) in [5.41, 5.74) is 7.08. The molecule has 2 rings (SSSR count). The average molecular weight is 377 g/mol. The van der Waals surface area contributed by atoms with Crippen LogP contribution in [0.5, 0.6) is 0 Å². The predicted molar refractivity (Wildman–Crippen MR) is 107 cm³/mol. The molecule has 7 heteroatoms. The van der Waals surface area contributed by atoms with Crippen molar-refractivity contribution < 1.29 is 9.59 Å². The number of halogens is 1. The Morgan fingerprint density at radius 2 is 1.62 bits per heavy atom. The average Bonchev–Trinajstić information content (AvgIpc) is 2.57. The van der Waals surface area contributed by atoms with Gasteiger partial charge in [-0.15, -0.1) is 12.4 Å². The van der Waals surface area contributed by atoms with Crippen LogP contribution in [0.1, 0.15) is 19.4 Å². The van der Waals surface area contributed by atoms with E-state index >= 15 is 0 Å². The SMILES string of the molecule is CC(C)(NC(=O)Nc1ccccc1)C(=O)NCCc1ccc(N)cc1.Cl. The zero-order chi connectivity index (χ0) is 18.3. The van der Waals surface area contributed by atoms with Crippen LogP contribution >= 0.6 is 12.4 Å². The first-order valence-corrected chi connectivity index (χ1v) is 8.14. The summed E-state index contributed by atoms with van der Waals surface area (Å²) in [6.07, 6.45) is 0.693. The number of rotatable bonds is 6. The highest BCUT2D eigenvalue weighted by atomic mass is 35.5. The van der Waals surface area contributed by atoms with E-state index in [0.29, 0.717) is 24.3 Å². The van der Waals surface area contributed by atoms with Crippen molar-refractivity contribution in [3.05, 3.63) is 60.2 Å². The predicted octanol–water partition coefficient (Wildman–Crippen LogP) is 2.95. The maximum Gasteiger partial charge on any atom is 0.320 e. The number of carbonyl (C=O) groups excluding carboxylic acids is 2. The van der Waals surface area contributed by atoms with Crippen molar-refractivity contribution in [1.82, 2.24) is 10.6 Å². The molecule has 3 amide bonds. The molecule has 5 N–H and O–H groups in total. The highest BCUT2D eigenvalue weighted by Gasteiger charge is 2.29. The molecule has 0 saturated carbocycles. The lowest BCUT2D eigenvalue weighted by Crippen LogP contribution is -2.56. The number of nitrogens with two attached hydrogens (primary N) is 1. The van der Waals surface area contributed by atoms with Crippen molar-refractivity contribution >= 4 is 35.7 Å². The Labute approximate surface area is 160 Å². The van der Waals surface area contributed by atoms with Gasteiger partial charge in [-0.2, -0.15) is 0 Å². The van der Waals surface area contributed by atoms with Crippen molar-refractivity contribution in [2.75, 3.05) is 17.6 Å². The van der Waals surface area contributed by atoms with Gasteiger partial charge in [-0.05, 0) is 50.1 Å². The molecule has 26 heavy (non-hydrogen) atoms. The van der Waals surface area contributed by atoms with Gasteiger partial charge in [0.25, 0.3) is 0 Å². The van der Waals surface area contributed by atoms with Crippen molar-refractivity contribution in [2.45, 2.75) is 25.8 Å². The maximum absolute atomic E-state index is 12.3. The third-order valence-electron chi connectivity index (χ3n) is 3.70. The Bertz CT molecular complexity index is 718. The fraction of sp³-hybridized carbons (Fsp3) is 0.263. The Kier molecular flexibility index (Phi) is 7.93. The van der Waals surface area contributed by atoms with Crippen LogP contribution in [-0.2, 0) is 11.2 Å². The number of amides is 3. The summed E-state index contributed by atoms with van der Waals surface area (Å²) in [7, 11) is 0. The summed E-state index contributed by atoms with van der Waals surface area (Å²) in [6, 6.07) is 16.2. The van der Waals surface area contributed by atoms with E-state index in [9.17, 15) is 9.59 Å². The number of urea groups is 1. The van der Waals surface area contributed by atoms with E-state index < -0.39 is 11.6 Å². The maximum atomic E-state index is 12.3. The molecule has 6 nitrogen and oxygen atoms in total. The summed E-state index contributed by atoms with van der Waals surface area (Å²) in [5.74, 6) is -0.244. The van der Waals surface area contributed by atoms with E-state index in [1.807, 2.05) is 42.5 Å². The van der Waals surface area contributed by atoms with Gasteiger partial charge in [0, 0.05) is 17.9 Å². The quantitative estimate of drug-likeness (QED) is 0.583. The number of nitrogen functional groups attached to an aromatic ring is 1. The highest BCUT2D eigenvalue weighted by molar-refractivity contribution is 5.95. The normalized spacial score (nSPS) is 10.4. The first kappa shape index (κ1) is 21.3. The minimum absolute atomic E-state index is 0. The molecule has 0 unspecified atom stereocenters. The number of carbonyl (C=O) groups is 2. The summed E-state index contributed by atoms with van der Waals surface area (Å²) in [5, 5.41) is 8.22. The van der Waals surface area contributed by atoms with Crippen molar-refractivity contribution in [1.29, 1.82) is 0 Å². The number of anilines is 2. The van der Waals surface area contributed by atoms with Crippen LogP contribution in [-0.4, -0.2) is 24.0 Å². The van der Waals surface area contributed by atoms with Gasteiger partial charge in [0.1, 0.15) is 5.54 Å². The zero-order valence-electron chi connectivity index (χ0n) is 14.9. The minimum atomic E-state index is -1.03. The molecule has 0 aliphatic rings. The second-order valence-electron chi connectivity index (χ2n) is 6.32. The molecule has 0 saturated heterocycles. The topological polar surface area (TPSA) is 96.2 Å². The van der Waals surface area contributed by atoms with Gasteiger partial charge in [-0.1, -0.05) is 30.3 Å². The number of hydrogen-bond acceptors (Lipinski definition) is 3. The van der Waals surface area contributed by atoms with E-state index in [1.54, 1.807) is 26.0 Å². The van der Waals surface area contributed by atoms with Crippen LogP contribution in [0, 0.1) is 0 Å². The fourth-order valence-electron chi connectivity index (χ4n) is 2.25. The minimum Gasteiger partial charge on any atom is -0.399 e. The molecule has 0 aliphatic heterocycles. The summed E-state index contributed by atoms with van der Waals surface area (Å²) < 4.78 is 0. The van der Waals surface area contributed by atoms with Crippen molar-refractivity contribution in [3.63, 3.8) is 0 Å². The third kappa shape index (κ3) is 6.64. The van der Waals surface area contributed by atoms with Crippen LogP contribution in [0.2, 0.25) is 0 Å². The standard InChI is InChI=1S/C19H24N4O2.ClH/c1-19(2,23-18(25)22-16-6-4-3-5-7-16)17(24)21-13-12-14-8-10-15(20)11-9-14;/h3-11H,12-13,20H2,1-2H3,(H,21,24)(H2,22,23,25);1H. The van der Waals surface area contributed by atoms with Gasteiger partial charge < -0.3 is 21.7 Å². The molecule has 140 valence electrons.